The zero-order valence-corrected chi connectivity index (χ0v) is 14.9. The molecule has 0 saturated carbocycles. The summed E-state index contributed by atoms with van der Waals surface area (Å²) in [7, 11) is 0. The second kappa shape index (κ2) is 7.25. The Morgan fingerprint density at radius 3 is 1.96 bits per heavy atom. The van der Waals surface area contributed by atoms with Gasteiger partial charge in [0.1, 0.15) is 0 Å². The predicted octanol–water partition coefficient (Wildman–Crippen LogP) is 5.92. The topological polar surface area (TPSA) is 3.24 Å². The maximum atomic E-state index is 2.59. The second-order valence-electron chi connectivity index (χ2n) is 7.03. The van der Waals surface area contributed by atoms with E-state index in [2.05, 4.69) is 84.6 Å². The van der Waals surface area contributed by atoms with Crippen LogP contribution in [0.25, 0.3) is 22.3 Å². The molecule has 1 heteroatoms. The molecule has 0 unspecified atom stereocenters. The van der Waals surface area contributed by atoms with Crippen LogP contribution in [0.5, 0.6) is 0 Å². The van der Waals surface area contributed by atoms with Gasteiger partial charge < -0.3 is 0 Å². The number of hydrogen-bond donors (Lipinski definition) is 0. The van der Waals surface area contributed by atoms with Gasteiger partial charge in [0.05, 0.1) is 0 Å². The molecule has 1 aliphatic heterocycles. The minimum atomic E-state index is 1.06. The van der Waals surface area contributed by atoms with Gasteiger partial charge >= 0.3 is 0 Å². The van der Waals surface area contributed by atoms with Gasteiger partial charge in [0.25, 0.3) is 0 Å². The van der Waals surface area contributed by atoms with Crippen LogP contribution >= 0.6 is 0 Å². The fourth-order valence-corrected chi connectivity index (χ4v) is 3.86. The molecule has 0 atom stereocenters. The normalized spacial score (nSPS) is 14.8. The maximum absolute atomic E-state index is 2.59. The van der Waals surface area contributed by atoms with Crippen molar-refractivity contribution in [2.75, 3.05) is 13.1 Å². The molecule has 0 bridgehead atoms. The van der Waals surface area contributed by atoms with Crippen molar-refractivity contribution >= 4 is 0 Å². The number of nitrogens with zero attached hydrogens (tertiary/aromatic N) is 1. The van der Waals surface area contributed by atoms with Gasteiger partial charge in [-0.15, -0.1) is 0 Å². The van der Waals surface area contributed by atoms with Crippen molar-refractivity contribution in [3.8, 4) is 22.3 Å². The molecule has 0 N–H and O–H groups in total. The lowest BCUT2D eigenvalue weighted by Gasteiger charge is -2.21. The van der Waals surface area contributed by atoms with Crippen LogP contribution in [0.3, 0.4) is 0 Å². The summed E-state index contributed by atoms with van der Waals surface area (Å²) < 4.78 is 0. The van der Waals surface area contributed by atoms with Crippen molar-refractivity contribution in [3.05, 3.63) is 83.9 Å². The van der Waals surface area contributed by atoms with Gasteiger partial charge in [-0.3, -0.25) is 4.90 Å². The van der Waals surface area contributed by atoms with Crippen molar-refractivity contribution in [2.45, 2.75) is 26.3 Å². The molecule has 0 radical (unpaired) electrons. The number of benzene rings is 3. The van der Waals surface area contributed by atoms with Crippen molar-refractivity contribution in [3.63, 3.8) is 0 Å². The molecule has 0 spiro atoms. The van der Waals surface area contributed by atoms with E-state index in [1.807, 2.05) is 0 Å². The van der Waals surface area contributed by atoms with E-state index >= 15 is 0 Å². The SMILES string of the molecule is Cc1cc(-c2ccccc2)cc(-c2ccccc2)c1CN1CCCC1. The molecule has 3 aromatic carbocycles. The van der Waals surface area contributed by atoms with Crippen LogP contribution in [0, 0.1) is 6.92 Å². The Labute approximate surface area is 150 Å². The van der Waals surface area contributed by atoms with Gasteiger partial charge in [0.15, 0.2) is 0 Å². The zero-order valence-electron chi connectivity index (χ0n) is 14.9. The summed E-state index contributed by atoms with van der Waals surface area (Å²) >= 11 is 0. The molecular formula is C24H25N. The van der Waals surface area contributed by atoms with E-state index < -0.39 is 0 Å². The van der Waals surface area contributed by atoms with E-state index in [4.69, 9.17) is 0 Å². The van der Waals surface area contributed by atoms with Crippen molar-refractivity contribution in [2.24, 2.45) is 0 Å². The number of rotatable bonds is 4. The minimum Gasteiger partial charge on any atom is -0.299 e. The fourth-order valence-electron chi connectivity index (χ4n) is 3.86. The number of aryl methyl sites for hydroxylation is 1. The molecule has 1 heterocycles. The summed E-state index contributed by atoms with van der Waals surface area (Å²) in [6, 6.07) is 26.3. The average Bonchev–Trinajstić information content (AvgIpc) is 3.18. The molecule has 1 saturated heterocycles. The van der Waals surface area contributed by atoms with Crippen LogP contribution in [0.2, 0.25) is 0 Å². The van der Waals surface area contributed by atoms with E-state index in [-0.39, 0.29) is 0 Å². The quantitative estimate of drug-likeness (QED) is 0.574. The van der Waals surface area contributed by atoms with Crippen LogP contribution in [-0.2, 0) is 6.54 Å². The third-order valence-corrected chi connectivity index (χ3v) is 5.25. The molecule has 0 aliphatic carbocycles. The predicted molar refractivity (Wildman–Crippen MR) is 107 cm³/mol. The Bertz CT molecular complexity index is 831. The third-order valence-electron chi connectivity index (χ3n) is 5.25. The molecule has 4 rings (SSSR count). The number of hydrogen-bond acceptors (Lipinski definition) is 1. The first-order valence-electron chi connectivity index (χ1n) is 9.28. The molecule has 1 aliphatic rings. The highest BCUT2D eigenvalue weighted by atomic mass is 15.1. The van der Waals surface area contributed by atoms with E-state index in [0.29, 0.717) is 0 Å². The van der Waals surface area contributed by atoms with Crippen molar-refractivity contribution < 1.29 is 0 Å². The van der Waals surface area contributed by atoms with E-state index in [0.717, 1.165) is 6.54 Å². The van der Waals surface area contributed by atoms with Gasteiger partial charge in [-0.05, 0) is 72.3 Å². The molecule has 25 heavy (non-hydrogen) atoms. The fraction of sp³-hybridized carbons (Fsp3) is 0.250. The second-order valence-corrected chi connectivity index (χ2v) is 7.03. The molecule has 1 nitrogen and oxygen atoms in total. The Hall–Kier alpha value is -2.38. The number of likely N-dealkylation sites (tertiary alicyclic amines) is 1. The lowest BCUT2D eigenvalue weighted by atomic mass is 9.91. The van der Waals surface area contributed by atoms with Crippen LogP contribution in [-0.4, -0.2) is 18.0 Å². The summed E-state index contributed by atoms with van der Waals surface area (Å²) in [5.41, 5.74) is 8.17. The lowest BCUT2D eigenvalue weighted by Crippen LogP contribution is -2.19. The van der Waals surface area contributed by atoms with E-state index in [1.165, 1.54) is 59.3 Å². The Balaban J connectivity index is 1.82. The molecule has 126 valence electrons. The highest BCUT2D eigenvalue weighted by Gasteiger charge is 2.17. The molecule has 0 aromatic heterocycles. The van der Waals surface area contributed by atoms with Crippen molar-refractivity contribution in [1.82, 2.24) is 4.90 Å². The zero-order chi connectivity index (χ0) is 17.1. The van der Waals surface area contributed by atoms with Crippen molar-refractivity contribution in [1.29, 1.82) is 0 Å². The van der Waals surface area contributed by atoms with Gasteiger partial charge in [0.2, 0.25) is 0 Å². The summed E-state index contributed by atoms with van der Waals surface area (Å²) in [6.07, 6.45) is 2.67. The molecule has 1 fully saturated rings. The van der Waals surface area contributed by atoms with Gasteiger partial charge in [-0.1, -0.05) is 66.7 Å². The maximum Gasteiger partial charge on any atom is 0.0242 e. The van der Waals surface area contributed by atoms with Crippen LogP contribution in [0.4, 0.5) is 0 Å². The van der Waals surface area contributed by atoms with Crippen LogP contribution < -0.4 is 0 Å². The van der Waals surface area contributed by atoms with Crippen LogP contribution in [0.1, 0.15) is 24.0 Å². The summed E-state index contributed by atoms with van der Waals surface area (Å²) in [5, 5.41) is 0. The molecular weight excluding hydrogens is 302 g/mol. The largest absolute Gasteiger partial charge is 0.299 e. The Morgan fingerprint density at radius 2 is 1.32 bits per heavy atom. The first kappa shape index (κ1) is 16.1. The summed E-state index contributed by atoms with van der Waals surface area (Å²) in [6.45, 7) is 5.79. The lowest BCUT2D eigenvalue weighted by molar-refractivity contribution is 0.331. The average molecular weight is 327 g/mol. The highest BCUT2D eigenvalue weighted by molar-refractivity contribution is 5.77. The van der Waals surface area contributed by atoms with Crippen LogP contribution in [0.15, 0.2) is 72.8 Å². The van der Waals surface area contributed by atoms with Gasteiger partial charge in [0, 0.05) is 6.54 Å². The monoisotopic (exact) mass is 327 g/mol. The van der Waals surface area contributed by atoms with E-state index in [1.54, 1.807) is 0 Å². The first-order valence-corrected chi connectivity index (χ1v) is 9.28. The standard InChI is InChI=1S/C24H25N/c1-19-16-22(20-10-4-2-5-11-20)17-23(21-12-6-3-7-13-21)24(19)18-25-14-8-9-15-25/h2-7,10-13,16-17H,8-9,14-15,18H2,1H3. The highest BCUT2D eigenvalue weighted by Crippen LogP contribution is 2.33. The Kier molecular flexibility index (Phi) is 4.67. The first-order chi connectivity index (χ1) is 12.3. The van der Waals surface area contributed by atoms with E-state index in [9.17, 15) is 0 Å². The van der Waals surface area contributed by atoms with Gasteiger partial charge in [-0.2, -0.15) is 0 Å². The molecule has 3 aromatic rings. The summed E-state index contributed by atoms with van der Waals surface area (Å²) in [5.74, 6) is 0. The Morgan fingerprint density at radius 1 is 0.720 bits per heavy atom. The minimum absolute atomic E-state index is 1.06. The molecule has 0 amide bonds. The smallest absolute Gasteiger partial charge is 0.0242 e. The summed E-state index contributed by atoms with van der Waals surface area (Å²) in [4.78, 5) is 2.59. The van der Waals surface area contributed by atoms with Gasteiger partial charge in [-0.25, -0.2) is 0 Å². The third kappa shape index (κ3) is 3.52.